The average Bonchev–Trinajstić information content (AvgIpc) is 2.91. The summed E-state index contributed by atoms with van der Waals surface area (Å²) in [6, 6.07) is 13.3. The van der Waals surface area contributed by atoms with Crippen molar-refractivity contribution in [2.75, 3.05) is 12.4 Å². The first-order chi connectivity index (χ1) is 13.3. The summed E-state index contributed by atoms with van der Waals surface area (Å²) in [5.41, 5.74) is 1.16. The van der Waals surface area contributed by atoms with Gasteiger partial charge in [0.1, 0.15) is 5.25 Å². The van der Waals surface area contributed by atoms with Gasteiger partial charge in [0.25, 0.3) is 0 Å². The predicted molar refractivity (Wildman–Crippen MR) is 112 cm³/mol. The minimum Gasteiger partial charge on any atom is -0.478 e. The Labute approximate surface area is 174 Å². The maximum Gasteiger partial charge on any atom is 0.335 e. The molecule has 0 spiro atoms. The summed E-state index contributed by atoms with van der Waals surface area (Å²) in [4.78, 5) is 41.7. The van der Waals surface area contributed by atoms with Crippen LogP contribution in [0.25, 0.3) is 0 Å². The van der Waals surface area contributed by atoms with Crippen molar-refractivity contribution in [2.24, 2.45) is 4.99 Å². The van der Waals surface area contributed by atoms with Gasteiger partial charge in [-0.3, -0.25) is 14.5 Å². The summed E-state index contributed by atoms with van der Waals surface area (Å²) in [6.45, 7) is 0. The Morgan fingerprint density at radius 3 is 2.64 bits per heavy atom. The summed E-state index contributed by atoms with van der Waals surface area (Å²) >= 11 is 4.59. The highest BCUT2D eigenvalue weighted by molar-refractivity contribution is 9.10. The number of carboxylic acids is 1. The van der Waals surface area contributed by atoms with Crippen LogP contribution in [-0.4, -0.2) is 45.3 Å². The maximum absolute atomic E-state index is 12.5. The van der Waals surface area contributed by atoms with Crippen LogP contribution in [0.3, 0.4) is 0 Å². The van der Waals surface area contributed by atoms with Gasteiger partial charge in [0, 0.05) is 23.6 Å². The van der Waals surface area contributed by atoms with Crippen molar-refractivity contribution in [2.45, 2.75) is 11.7 Å². The number of amidine groups is 1. The molecule has 2 amide bonds. The van der Waals surface area contributed by atoms with Gasteiger partial charge in [-0.1, -0.05) is 33.8 Å². The number of hydrogen-bond acceptors (Lipinski definition) is 5. The SMILES string of the molecule is CN1C(=O)[C@@H](CC(=O)Nc2cccc(C(=O)O)c2)SC1=Nc1ccc(Br)cc1. The number of benzene rings is 2. The number of nitrogens with zero attached hydrogens (tertiary/aromatic N) is 2. The average molecular weight is 462 g/mol. The highest BCUT2D eigenvalue weighted by atomic mass is 79.9. The van der Waals surface area contributed by atoms with E-state index in [1.807, 2.05) is 24.3 Å². The molecule has 0 bridgehead atoms. The van der Waals surface area contributed by atoms with E-state index >= 15 is 0 Å². The van der Waals surface area contributed by atoms with Gasteiger partial charge in [0.2, 0.25) is 11.8 Å². The second kappa shape index (κ2) is 8.57. The molecule has 144 valence electrons. The number of nitrogens with one attached hydrogen (secondary N) is 1. The highest BCUT2D eigenvalue weighted by Gasteiger charge is 2.37. The van der Waals surface area contributed by atoms with Crippen LogP contribution in [0.15, 0.2) is 58.0 Å². The molecule has 28 heavy (non-hydrogen) atoms. The molecule has 2 aromatic carbocycles. The van der Waals surface area contributed by atoms with E-state index in [4.69, 9.17) is 5.11 Å². The number of anilines is 1. The molecule has 0 aromatic heterocycles. The van der Waals surface area contributed by atoms with Gasteiger partial charge in [-0.15, -0.1) is 0 Å². The summed E-state index contributed by atoms with van der Waals surface area (Å²) < 4.78 is 0.932. The van der Waals surface area contributed by atoms with Gasteiger partial charge in [-0.05, 0) is 42.5 Å². The first-order valence-corrected chi connectivity index (χ1v) is 9.92. The van der Waals surface area contributed by atoms with E-state index in [2.05, 4.69) is 26.2 Å². The number of carbonyl (C=O) groups excluding carboxylic acids is 2. The Balaban J connectivity index is 1.66. The molecular weight excluding hydrogens is 446 g/mol. The molecule has 1 saturated heterocycles. The third-order valence-corrected chi connectivity index (χ3v) is 5.71. The summed E-state index contributed by atoms with van der Waals surface area (Å²) in [7, 11) is 1.63. The lowest BCUT2D eigenvalue weighted by Gasteiger charge is -2.09. The van der Waals surface area contributed by atoms with Crippen LogP contribution in [0, 0.1) is 0 Å². The van der Waals surface area contributed by atoms with Gasteiger partial charge in [-0.2, -0.15) is 0 Å². The van der Waals surface area contributed by atoms with Crippen LogP contribution in [0.4, 0.5) is 11.4 Å². The molecule has 1 aliphatic rings. The normalized spacial score (nSPS) is 17.8. The minimum atomic E-state index is -1.08. The zero-order chi connectivity index (χ0) is 20.3. The molecule has 2 N–H and O–H groups in total. The van der Waals surface area contributed by atoms with Crippen LogP contribution in [0.5, 0.6) is 0 Å². The fraction of sp³-hybridized carbons (Fsp3) is 0.158. The monoisotopic (exact) mass is 461 g/mol. The van der Waals surface area contributed by atoms with E-state index in [1.165, 1.54) is 28.8 Å². The number of carbonyl (C=O) groups is 3. The zero-order valence-corrected chi connectivity index (χ0v) is 17.2. The van der Waals surface area contributed by atoms with Crippen LogP contribution >= 0.6 is 27.7 Å². The molecule has 2 aromatic rings. The van der Waals surface area contributed by atoms with Crippen LogP contribution in [-0.2, 0) is 9.59 Å². The molecule has 0 aliphatic carbocycles. The van der Waals surface area contributed by atoms with Crippen molar-refractivity contribution in [1.29, 1.82) is 0 Å². The van der Waals surface area contributed by atoms with Gasteiger partial charge in [0.05, 0.1) is 11.3 Å². The number of halogens is 1. The molecule has 9 heteroatoms. The third kappa shape index (κ3) is 4.79. The summed E-state index contributed by atoms with van der Waals surface area (Å²) in [5, 5.41) is 11.6. The second-order valence-corrected chi connectivity index (χ2v) is 8.10. The number of aliphatic imine (C=N–C) groups is 1. The number of carboxylic acid groups (broad SMARTS) is 1. The predicted octanol–water partition coefficient (Wildman–Crippen LogP) is 3.74. The number of rotatable bonds is 5. The van der Waals surface area contributed by atoms with E-state index in [0.29, 0.717) is 16.5 Å². The lowest BCUT2D eigenvalue weighted by molar-refractivity contribution is -0.127. The lowest BCUT2D eigenvalue weighted by atomic mass is 10.2. The van der Waals surface area contributed by atoms with Gasteiger partial charge in [0.15, 0.2) is 5.17 Å². The van der Waals surface area contributed by atoms with Crippen molar-refractivity contribution >= 4 is 62.0 Å². The summed E-state index contributed by atoms with van der Waals surface area (Å²) in [6.07, 6.45) is -0.0372. The number of thioether (sulfide) groups is 1. The Morgan fingerprint density at radius 1 is 1.25 bits per heavy atom. The van der Waals surface area contributed by atoms with Crippen molar-refractivity contribution in [1.82, 2.24) is 4.90 Å². The smallest absolute Gasteiger partial charge is 0.335 e. The molecule has 3 rings (SSSR count). The molecule has 1 aliphatic heterocycles. The minimum absolute atomic E-state index is 0.0372. The quantitative estimate of drug-likeness (QED) is 0.706. The Morgan fingerprint density at radius 2 is 1.96 bits per heavy atom. The highest BCUT2D eigenvalue weighted by Crippen LogP contribution is 2.31. The Kier molecular flexibility index (Phi) is 6.15. The summed E-state index contributed by atoms with van der Waals surface area (Å²) in [5.74, 6) is -1.64. The van der Waals surface area contributed by atoms with Crippen LogP contribution in [0.1, 0.15) is 16.8 Å². The second-order valence-electron chi connectivity index (χ2n) is 6.01. The van der Waals surface area contributed by atoms with Gasteiger partial charge < -0.3 is 10.4 Å². The van der Waals surface area contributed by atoms with E-state index in [-0.39, 0.29) is 23.8 Å². The van der Waals surface area contributed by atoms with E-state index in [9.17, 15) is 14.4 Å². The lowest BCUT2D eigenvalue weighted by Crippen LogP contribution is -2.30. The van der Waals surface area contributed by atoms with E-state index in [0.717, 1.165) is 4.47 Å². The van der Waals surface area contributed by atoms with Crippen molar-refractivity contribution in [3.8, 4) is 0 Å². The topological polar surface area (TPSA) is 99.1 Å². The molecule has 7 nitrogen and oxygen atoms in total. The first-order valence-electron chi connectivity index (χ1n) is 8.25. The fourth-order valence-electron chi connectivity index (χ4n) is 2.53. The number of amides is 2. The van der Waals surface area contributed by atoms with Crippen molar-refractivity contribution < 1.29 is 19.5 Å². The molecule has 0 unspecified atom stereocenters. The fourth-order valence-corrected chi connectivity index (χ4v) is 3.95. The molecule has 1 fully saturated rings. The number of hydrogen-bond donors (Lipinski definition) is 2. The third-order valence-electron chi connectivity index (χ3n) is 3.96. The van der Waals surface area contributed by atoms with Gasteiger partial charge >= 0.3 is 5.97 Å². The molecule has 1 heterocycles. The first kappa shape index (κ1) is 20.1. The Bertz CT molecular complexity index is 962. The van der Waals surface area contributed by atoms with E-state index < -0.39 is 11.2 Å². The van der Waals surface area contributed by atoms with Crippen LogP contribution in [0.2, 0.25) is 0 Å². The molecule has 1 atom stereocenters. The maximum atomic E-state index is 12.5. The molecule has 0 saturated carbocycles. The molecule has 0 radical (unpaired) electrons. The zero-order valence-electron chi connectivity index (χ0n) is 14.8. The van der Waals surface area contributed by atoms with Gasteiger partial charge in [-0.25, -0.2) is 9.79 Å². The standard InChI is InChI=1S/C19H16BrN3O4S/c1-23-17(25)15(28-19(23)22-13-7-5-12(20)6-8-13)10-16(24)21-14-4-2-3-11(9-14)18(26)27/h2-9,15H,10H2,1H3,(H,21,24)(H,26,27)/t15-/m1/s1. The number of aromatic carboxylic acids is 1. The van der Waals surface area contributed by atoms with Crippen molar-refractivity contribution in [3.05, 3.63) is 58.6 Å². The van der Waals surface area contributed by atoms with Crippen LogP contribution < -0.4 is 5.32 Å². The largest absolute Gasteiger partial charge is 0.478 e. The van der Waals surface area contributed by atoms with Crippen molar-refractivity contribution in [3.63, 3.8) is 0 Å². The van der Waals surface area contributed by atoms with E-state index in [1.54, 1.807) is 19.2 Å². The Hall–Kier alpha value is -2.65. The molecular formula is C19H16BrN3O4S.